The van der Waals surface area contributed by atoms with Gasteiger partial charge < -0.3 is 10.0 Å². The molecule has 1 fully saturated rings. The number of rotatable bonds is 3. The maximum Gasteiger partial charge on any atom is 0.272 e. The van der Waals surface area contributed by atoms with Crippen molar-refractivity contribution in [3.05, 3.63) is 23.8 Å². The number of aryl methyl sites for hydroxylation is 1. The van der Waals surface area contributed by atoms with E-state index in [9.17, 15) is 9.90 Å². The molecular formula is C14H22N4O2. The second-order valence-electron chi connectivity index (χ2n) is 5.87. The number of nitrogens with zero attached hydrogens (tertiary/aromatic N) is 4. The van der Waals surface area contributed by atoms with Crippen molar-refractivity contribution >= 4 is 5.91 Å². The molecular weight excluding hydrogens is 256 g/mol. The minimum absolute atomic E-state index is 0.0431. The Morgan fingerprint density at radius 2 is 2.00 bits per heavy atom. The highest BCUT2D eigenvalue weighted by atomic mass is 16.3. The third-order valence-corrected chi connectivity index (χ3v) is 3.27. The summed E-state index contributed by atoms with van der Waals surface area (Å²) < 4.78 is 0. The van der Waals surface area contributed by atoms with E-state index < -0.39 is 5.60 Å². The van der Waals surface area contributed by atoms with Crippen molar-refractivity contribution in [2.45, 2.75) is 26.4 Å². The third kappa shape index (κ3) is 3.98. The van der Waals surface area contributed by atoms with E-state index in [4.69, 9.17) is 0 Å². The lowest BCUT2D eigenvalue weighted by Gasteiger charge is -2.37. The average molecular weight is 278 g/mol. The van der Waals surface area contributed by atoms with E-state index in [1.165, 1.54) is 0 Å². The lowest BCUT2D eigenvalue weighted by atomic mass is 10.1. The highest BCUT2D eigenvalue weighted by Crippen LogP contribution is 2.10. The molecule has 1 aromatic heterocycles. The Bertz CT molecular complexity index is 476. The first-order chi connectivity index (χ1) is 9.35. The smallest absolute Gasteiger partial charge is 0.272 e. The van der Waals surface area contributed by atoms with Crippen LogP contribution in [0.15, 0.2) is 12.3 Å². The quantitative estimate of drug-likeness (QED) is 0.862. The SMILES string of the molecule is Cc1nccc(C(=O)N2CCN(CC(C)(C)O)CC2)n1. The summed E-state index contributed by atoms with van der Waals surface area (Å²) in [6.45, 7) is 8.89. The highest BCUT2D eigenvalue weighted by Gasteiger charge is 2.26. The van der Waals surface area contributed by atoms with Crippen molar-refractivity contribution in [1.29, 1.82) is 0 Å². The molecule has 2 heterocycles. The molecule has 0 bridgehead atoms. The molecule has 0 radical (unpaired) electrons. The minimum atomic E-state index is -0.698. The number of hydrogen-bond acceptors (Lipinski definition) is 5. The molecule has 20 heavy (non-hydrogen) atoms. The fraction of sp³-hybridized carbons (Fsp3) is 0.643. The van der Waals surface area contributed by atoms with Crippen molar-refractivity contribution in [1.82, 2.24) is 19.8 Å². The molecule has 6 heteroatoms. The molecule has 0 spiro atoms. The van der Waals surface area contributed by atoms with Crippen molar-refractivity contribution < 1.29 is 9.90 Å². The minimum Gasteiger partial charge on any atom is -0.389 e. The van der Waals surface area contributed by atoms with Crippen molar-refractivity contribution in [2.75, 3.05) is 32.7 Å². The van der Waals surface area contributed by atoms with Crippen molar-refractivity contribution in [2.24, 2.45) is 0 Å². The number of amides is 1. The van der Waals surface area contributed by atoms with E-state index in [0.717, 1.165) is 13.1 Å². The molecule has 1 saturated heterocycles. The number of aliphatic hydroxyl groups is 1. The predicted octanol–water partition coefficient (Wildman–Crippen LogP) is 0.314. The molecule has 1 aliphatic heterocycles. The fourth-order valence-corrected chi connectivity index (χ4v) is 2.39. The number of carbonyl (C=O) groups excluding carboxylic acids is 1. The first kappa shape index (κ1) is 14.9. The number of piperazine rings is 1. The Balaban J connectivity index is 1.92. The summed E-state index contributed by atoms with van der Waals surface area (Å²) in [5.41, 5.74) is -0.246. The first-order valence-electron chi connectivity index (χ1n) is 6.89. The molecule has 2 rings (SSSR count). The van der Waals surface area contributed by atoms with Crippen LogP contribution in [0, 0.1) is 6.92 Å². The summed E-state index contributed by atoms with van der Waals surface area (Å²) in [6, 6.07) is 1.65. The molecule has 1 aromatic rings. The molecule has 0 aliphatic carbocycles. The van der Waals surface area contributed by atoms with Gasteiger partial charge in [0.1, 0.15) is 11.5 Å². The summed E-state index contributed by atoms with van der Waals surface area (Å²) in [6.07, 6.45) is 1.61. The zero-order valence-corrected chi connectivity index (χ0v) is 12.3. The van der Waals surface area contributed by atoms with Crippen LogP contribution in [0.1, 0.15) is 30.2 Å². The van der Waals surface area contributed by atoms with Crippen LogP contribution >= 0.6 is 0 Å². The summed E-state index contributed by atoms with van der Waals surface area (Å²) in [5.74, 6) is 0.565. The first-order valence-corrected chi connectivity index (χ1v) is 6.89. The summed E-state index contributed by atoms with van der Waals surface area (Å²) in [7, 11) is 0. The molecule has 1 N–H and O–H groups in total. The van der Waals surface area contributed by atoms with Crippen molar-refractivity contribution in [3.8, 4) is 0 Å². The maximum atomic E-state index is 12.3. The van der Waals surface area contributed by atoms with Gasteiger partial charge in [-0.1, -0.05) is 0 Å². The van der Waals surface area contributed by atoms with Crippen LogP contribution in [-0.2, 0) is 0 Å². The predicted molar refractivity (Wildman–Crippen MR) is 75.4 cm³/mol. The van der Waals surface area contributed by atoms with Crippen LogP contribution in [0.5, 0.6) is 0 Å². The van der Waals surface area contributed by atoms with Crippen LogP contribution in [0.2, 0.25) is 0 Å². The second kappa shape index (κ2) is 5.85. The largest absolute Gasteiger partial charge is 0.389 e. The van der Waals surface area contributed by atoms with Gasteiger partial charge in [-0.2, -0.15) is 0 Å². The van der Waals surface area contributed by atoms with Gasteiger partial charge in [0.2, 0.25) is 0 Å². The number of aromatic nitrogens is 2. The Morgan fingerprint density at radius 3 is 2.55 bits per heavy atom. The van der Waals surface area contributed by atoms with E-state index in [0.29, 0.717) is 31.2 Å². The lowest BCUT2D eigenvalue weighted by molar-refractivity contribution is 0.0177. The van der Waals surface area contributed by atoms with Gasteiger partial charge >= 0.3 is 0 Å². The van der Waals surface area contributed by atoms with Gasteiger partial charge in [0.25, 0.3) is 5.91 Å². The Labute approximate surface area is 119 Å². The van der Waals surface area contributed by atoms with E-state index >= 15 is 0 Å². The van der Waals surface area contributed by atoms with Gasteiger partial charge in [0, 0.05) is 38.9 Å². The molecule has 110 valence electrons. The van der Waals surface area contributed by atoms with Gasteiger partial charge in [-0.25, -0.2) is 9.97 Å². The highest BCUT2D eigenvalue weighted by molar-refractivity contribution is 5.92. The lowest BCUT2D eigenvalue weighted by Crippen LogP contribution is -2.52. The van der Waals surface area contributed by atoms with Gasteiger partial charge in [-0.15, -0.1) is 0 Å². The fourth-order valence-electron chi connectivity index (χ4n) is 2.39. The van der Waals surface area contributed by atoms with Crippen LogP contribution in [0.4, 0.5) is 0 Å². The zero-order chi connectivity index (χ0) is 14.8. The van der Waals surface area contributed by atoms with E-state index in [-0.39, 0.29) is 5.91 Å². The summed E-state index contributed by atoms with van der Waals surface area (Å²) in [4.78, 5) is 24.5. The summed E-state index contributed by atoms with van der Waals surface area (Å²) in [5, 5.41) is 9.81. The van der Waals surface area contributed by atoms with Crippen LogP contribution in [0.25, 0.3) is 0 Å². The number of carbonyl (C=O) groups is 1. The topological polar surface area (TPSA) is 69.6 Å². The molecule has 0 atom stereocenters. The molecule has 0 aromatic carbocycles. The second-order valence-corrected chi connectivity index (χ2v) is 5.87. The van der Waals surface area contributed by atoms with E-state index in [1.807, 2.05) is 4.90 Å². The normalized spacial score (nSPS) is 17.3. The zero-order valence-electron chi connectivity index (χ0n) is 12.3. The standard InChI is InChI=1S/C14H22N4O2/c1-11-15-5-4-12(16-11)13(19)18-8-6-17(7-9-18)10-14(2,3)20/h4-5,20H,6-10H2,1-3H3. The monoisotopic (exact) mass is 278 g/mol. The Morgan fingerprint density at radius 1 is 1.35 bits per heavy atom. The van der Waals surface area contributed by atoms with Gasteiger partial charge in [0.15, 0.2) is 0 Å². The van der Waals surface area contributed by atoms with Crippen LogP contribution in [0.3, 0.4) is 0 Å². The summed E-state index contributed by atoms with van der Waals surface area (Å²) >= 11 is 0. The van der Waals surface area contributed by atoms with Crippen LogP contribution in [-0.4, -0.2) is 69.1 Å². The van der Waals surface area contributed by atoms with Gasteiger partial charge in [0.05, 0.1) is 5.60 Å². The average Bonchev–Trinajstić information content (AvgIpc) is 2.37. The van der Waals surface area contributed by atoms with Crippen molar-refractivity contribution in [3.63, 3.8) is 0 Å². The molecule has 0 saturated carbocycles. The third-order valence-electron chi connectivity index (χ3n) is 3.27. The van der Waals surface area contributed by atoms with E-state index in [1.54, 1.807) is 33.0 Å². The van der Waals surface area contributed by atoms with E-state index in [2.05, 4.69) is 14.9 Å². The molecule has 0 unspecified atom stereocenters. The van der Waals surface area contributed by atoms with Gasteiger partial charge in [-0.3, -0.25) is 9.69 Å². The molecule has 1 amide bonds. The van der Waals surface area contributed by atoms with Crippen LogP contribution < -0.4 is 0 Å². The molecule has 1 aliphatic rings. The Kier molecular flexibility index (Phi) is 4.35. The Hall–Kier alpha value is -1.53. The number of hydrogen-bond donors (Lipinski definition) is 1. The number of β-amino-alcohol motifs (C(OH)–C–C–N with tert-alkyl or cyclic N) is 1. The maximum absolute atomic E-state index is 12.3. The van der Waals surface area contributed by atoms with Gasteiger partial charge in [-0.05, 0) is 26.8 Å². The molecule has 6 nitrogen and oxygen atoms in total.